The average Bonchev–Trinajstić information content (AvgIpc) is 3.15. The van der Waals surface area contributed by atoms with Gasteiger partial charge in [0.05, 0.1) is 11.4 Å². The number of fused-ring (bicyclic) bond motifs is 1. The molecule has 0 saturated carbocycles. The van der Waals surface area contributed by atoms with E-state index in [4.69, 9.17) is 21.1 Å². The Kier molecular flexibility index (Phi) is 4.15. The molecular formula is C18H12ClNO4S. The van der Waals surface area contributed by atoms with E-state index in [2.05, 4.69) is 0 Å². The van der Waals surface area contributed by atoms with Crippen molar-refractivity contribution in [3.63, 3.8) is 0 Å². The summed E-state index contributed by atoms with van der Waals surface area (Å²) in [6.45, 7) is 0.388. The predicted octanol–water partition coefficient (Wildman–Crippen LogP) is 4.31. The lowest BCUT2D eigenvalue weighted by molar-refractivity contribution is -0.123. The van der Waals surface area contributed by atoms with Crippen molar-refractivity contribution in [1.82, 2.24) is 4.90 Å². The second-order valence-electron chi connectivity index (χ2n) is 5.51. The fourth-order valence-corrected chi connectivity index (χ4v) is 3.66. The van der Waals surface area contributed by atoms with E-state index in [1.807, 2.05) is 12.1 Å². The van der Waals surface area contributed by atoms with E-state index in [0.717, 1.165) is 22.9 Å². The van der Waals surface area contributed by atoms with Crippen LogP contribution in [0.1, 0.15) is 11.1 Å². The van der Waals surface area contributed by atoms with Gasteiger partial charge in [-0.15, -0.1) is 0 Å². The minimum absolute atomic E-state index is 0.189. The summed E-state index contributed by atoms with van der Waals surface area (Å²) in [6.07, 6.45) is 1.69. The van der Waals surface area contributed by atoms with Crippen molar-refractivity contribution in [3.8, 4) is 11.5 Å². The van der Waals surface area contributed by atoms with Gasteiger partial charge in [0.2, 0.25) is 6.79 Å². The van der Waals surface area contributed by atoms with Gasteiger partial charge in [0.15, 0.2) is 11.5 Å². The third-order valence-corrected chi connectivity index (χ3v) is 4.94. The molecule has 0 radical (unpaired) electrons. The van der Waals surface area contributed by atoms with Crippen molar-refractivity contribution in [1.29, 1.82) is 0 Å². The number of rotatable bonds is 3. The van der Waals surface area contributed by atoms with E-state index in [9.17, 15) is 9.59 Å². The van der Waals surface area contributed by atoms with Gasteiger partial charge in [0.25, 0.3) is 11.1 Å². The highest BCUT2D eigenvalue weighted by molar-refractivity contribution is 8.18. The highest BCUT2D eigenvalue weighted by Crippen LogP contribution is 2.36. The Morgan fingerprint density at radius 3 is 2.80 bits per heavy atom. The van der Waals surface area contributed by atoms with Gasteiger partial charge in [-0.3, -0.25) is 14.5 Å². The highest BCUT2D eigenvalue weighted by Gasteiger charge is 2.35. The summed E-state index contributed by atoms with van der Waals surface area (Å²) in [4.78, 5) is 26.4. The number of nitrogens with zero attached hydrogens (tertiary/aromatic N) is 1. The number of hydrogen-bond acceptors (Lipinski definition) is 5. The number of imide groups is 1. The molecule has 0 atom stereocenters. The molecule has 25 heavy (non-hydrogen) atoms. The van der Waals surface area contributed by atoms with Crippen LogP contribution in [-0.4, -0.2) is 22.8 Å². The van der Waals surface area contributed by atoms with Gasteiger partial charge in [-0.2, -0.15) is 0 Å². The van der Waals surface area contributed by atoms with Crippen LogP contribution >= 0.6 is 23.4 Å². The number of carbonyl (C=O) groups is 2. The van der Waals surface area contributed by atoms with E-state index in [0.29, 0.717) is 21.4 Å². The van der Waals surface area contributed by atoms with E-state index in [1.54, 1.807) is 36.4 Å². The van der Waals surface area contributed by atoms with E-state index in [-0.39, 0.29) is 24.5 Å². The standard InChI is InChI=1S/C18H12ClNO4S/c19-13-3-1-2-12(6-13)9-20-17(21)16(25-18(20)22)8-11-4-5-14-15(7-11)24-10-23-14/h1-8H,9-10H2/b16-8-. The quantitative estimate of drug-likeness (QED) is 0.750. The molecule has 0 unspecified atom stereocenters. The van der Waals surface area contributed by atoms with Crippen LogP contribution in [0, 0.1) is 0 Å². The monoisotopic (exact) mass is 373 g/mol. The summed E-state index contributed by atoms with van der Waals surface area (Å²) < 4.78 is 10.6. The number of hydrogen-bond donors (Lipinski definition) is 0. The normalized spacial score (nSPS) is 17.6. The molecule has 0 aliphatic carbocycles. The van der Waals surface area contributed by atoms with E-state index >= 15 is 0 Å². The highest BCUT2D eigenvalue weighted by atomic mass is 35.5. The molecule has 2 heterocycles. The van der Waals surface area contributed by atoms with Crippen molar-refractivity contribution < 1.29 is 19.1 Å². The third-order valence-electron chi connectivity index (χ3n) is 3.80. The second-order valence-corrected chi connectivity index (χ2v) is 6.94. The number of halogens is 1. The van der Waals surface area contributed by atoms with Gasteiger partial charge in [0.1, 0.15) is 0 Å². The van der Waals surface area contributed by atoms with Crippen molar-refractivity contribution in [2.24, 2.45) is 0 Å². The molecule has 4 rings (SSSR count). The number of carbonyl (C=O) groups excluding carboxylic acids is 2. The molecule has 2 aromatic rings. The lowest BCUT2D eigenvalue weighted by Gasteiger charge is -2.12. The molecule has 2 aliphatic heterocycles. The fourth-order valence-electron chi connectivity index (χ4n) is 2.61. The number of benzene rings is 2. The van der Waals surface area contributed by atoms with Gasteiger partial charge >= 0.3 is 0 Å². The zero-order valence-electron chi connectivity index (χ0n) is 12.9. The number of thioether (sulfide) groups is 1. The summed E-state index contributed by atoms with van der Waals surface area (Å²) in [6, 6.07) is 12.5. The van der Waals surface area contributed by atoms with Gasteiger partial charge in [-0.1, -0.05) is 29.8 Å². The second kappa shape index (κ2) is 6.46. The van der Waals surface area contributed by atoms with Crippen LogP contribution in [0.25, 0.3) is 6.08 Å². The lowest BCUT2D eigenvalue weighted by atomic mass is 10.2. The van der Waals surface area contributed by atoms with E-state index < -0.39 is 0 Å². The van der Waals surface area contributed by atoms with Crippen LogP contribution in [0.5, 0.6) is 11.5 Å². The Morgan fingerprint density at radius 2 is 1.96 bits per heavy atom. The number of amides is 2. The molecule has 2 amide bonds. The van der Waals surface area contributed by atoms with Crippen LogP contribution < -0.4 is 9.47 Å². The molecule has 126 valence electrons. The van der Waals surface area contributed by atoms with Gasteiger partial charge in [-0.05, 0) is 53.2 Å². The van der Waals surface area contributed by atoms with Crippen LogP contribution in [0.15, 0.2) is 47.4 Å². The Hall–Kier alpha value is -2.44. The molecule has 1 saturated heterocycles. The van der Waals surface area contributed by atoms with Gasteiger partial charge in [-0.25, -0.2) is 0 Å². The predicted molar refractivity (Wildman–Crippen MR) is 95.5 cm³/mol. The Labute approximate surface area is 153 Å². The summed E-state index contributed by atoms with van der Waals surface area (Å²) in [7, 11) is 0. The molecule has 5 nitrogen and oxygen atoms in total. The first kappa shape index (κ1) is 16.1. The van der Waals surface area contributed by atoms with Crippen molar-refractivity contribution in [3.05, 3.63) is 63.5 Å². The molecular weight excluding hydrogens is 362 g/mol. The van der Waals surface area contributed by atoms with Crippen molar-refractivity contribution >= 4 is 40.6 Å². The first-order chi connectivity index (χ1) is 12.1. The van der Waals surface area contributed by atoms with Crippen molar-refractivity contribution in [2.45, 2.75) is 6.54 Å². The molecule has 2 aliphatic rings. The fraction of sp³-hybridized carbons (Fsp3) is 0.111. The number of ether oxygens (including phenoxy) is 2. The Morgan fingerprint density at radius 1 is 1.12 bits per heavy atom. The largest absolute Gasteiger partial charge is 0.454 e. The van der Waals surface area contributed by atoms with Crippen LogP contribution in [0.4, 0.5) is 4.79 Å². The summed E-state index contributed by atoms with van der Waals surface area (Å²) in [5.41, 5.74) is 1.58. The molecule has 7 heteroatoms. The molecule has 1 fully saturated rings. The zero-order valence-corrected chi connectivity index (χ0v) is 14.5. The maximum atomic E-state index is 12.6. The average molecular weight is 374 g/mol. The summed E-state index contributed by atoms with van der Waals surface area (Å²) in [5, 5.41) is 0.275. The molecule has 0 aromatic heterocycles. The van der Waals surface area contributed by atoms with Gasteiger partial charge in [0, 0.05) is 5.02 Å². The molecule has 0 bridgehead atoms. The van der Waals surface area contributed by atoms with Crippen molar-refractivity contribution in [2.75, 3.05) is 6.79 Å². The minimum Gasteiger partial charge on any atom is -0.454 e. The topological polar surface area (TPSA) is 55.8 Å². The molecule has 2 aromatic carbocycles. The SMILES string of the molecule is O=C1S/C(=C\c2ccc3c(c2)OCO3)C(=O)N1Cc1cccc(Cl)c1. The minimum atomic E-state index is -0.312. The van der Waals surface area contributed by atoms with Crippen LogP contribution in [0.2, 0.25) is 5.02 Å². The summed E-state index contributed by atoms with van der Waals surface area (Å²) in [5.74, 6) is 0.991. The molecule has 0 spiro atoms. The van der Waals surface area contributed by atoms with Crippen LogP contribution in [0.3, 0.4) is 0 Å². The Balaban J connectivity index is 1.56. The first-order valence-electron chi connectivity index (χ1n) is 7.49. The van der Waals surface area contributed by atoms with E-state index in [1.165, 1.54) is 4.90 Å². The first-order valence-corrected chi connectivity index (χ1v) is 8.69. The molecule has 0 N–H and O–H groups in total. The Bertz CT molecular complexity index is 912. The maximum absolute atomic E-state index is 12.6. The van der Waals surface area contributed by atoms with Gasteiger partial charge < -0.3 is 9.47 Å². The summed E-state index contributed by atoms with van der Waals surface area (Å²) >= 11 is 6.89. The third kappa shape index (κ3) is 3.23. The maximum Gasteiger partial charge on any atom is 0.293 e. The lowest BCUT2D eigenvalue weighted by Crippen LogP contribution is -2.27. The zero-order chi connectivity index (χ0) is 17.4. The smallest absolute Gasteiger partial charge is 0.293 e. The van der Waals surface area contributed by atoms with Crippen LogP contribution in [-0.2, 0) is 11.3 Å².